The maximum absolute atomic E-state index is 14.3. The van der Waals surface area contributed by atoms with E-state index in [9.17, 15) is 4.39 Å². The minimum atomic E-state index is -0.387. The predicted octanol–water partition coefficient (Wildman–Crippen LogP) is 3.57. The SMILES string of the molecule is Cc1cccc(Oc2nccc(CNC3CC3)c2F)c1. The maximum Gasteiger partial charge on any atom is 0.256 e. The van der Waals surface area contributed by atoms with Crippen LogP contribution in [0.2, 0.25) is 0 Å². The zero-order chi connectivity index (χ0) is 13.9. The second kappa shape index (κ2) is 5.59. The Morgan fingerprint density at radius 3 is 2.95 bits per heavy atom. The van der Waals surface area contributed by atoms with Crippen LogP contribution in [0.4, 0.5) is 4.39 Å². The van der Waals surface area contributed by atoms with Gasteiger partial charge in [-0.2, -0.15) is 0 Å². The molecule has 1 aliphatic rings. The van der Waals surface area contributed by atoms with Crippen molar-refractivity contribution in [2.45, 2.75) is 32.4 Å². The summed E-state index contributed by atoms with van der Waals surface area (Å²) < 4.78 is 19.8. The summed E-state index contributed by atoms with van der Waals surface area (Å²) in [4.78, 5) is 3.98. The molecule has 1 saturated carbocycles. The second-order valence-electron chi connectivity index (χ2n) is 5.16. The van der Waals surface area contributed by atoms with Gasteiger partial charge < -0.3 is 10.1 Å². The fourth-order valence-corrected chi connectivity index (χ4v) is 2.00. The highest BCUT2D eigenvalue weighted by Crippen LogP contribution is 2.25. The Labute approximate surface area is 117 Å². The molecule has 0 unspecified atom stereocenters. The Kier molecular flexibility index (Phi) is 3.65. The molecule has 1 aromatic heterocycles. The first-order valence-electron chi connectivity index (χ1n) is 6.83. The Balaban J connectivity index is 1.76. The van der Waals surface area contributed by atoms with Crippen LogP contribution < -0.4 is 10.1 Å². The van der Waals surface area contributed by atoms with Crippen LogP contribution in [-0.2, 0) is 6.54 Å². The zero-order valence-corrected chi connectivity index (χ0v) is 11.4. The number of benzene rings is 1. The number of hydrogen-bond donors (Lipinski definition) is 1. The molecule has 104 valence electrons. The standard InChI is InChI=1S/C16H17FN2O/c1-11-3-2-4-14(9-11)20-16-15(17)12(7-8-18-16)10-19-13-5-6-13/h2-4,7-9,13,19H,5-6,10H2,1H3. The van der Waals surface area contributed by atoms with Gasteiger partial charge in [-0.1, -0.05) is 12.1 Å². The van der Waals surface area contributed by atoms with E-state index in [0.717, 1.165) is 5.56 Å². The lowest BCUT2D eigenvalue weighted by Crippen LogP contribution is -2.16. The number of aromatic nitrogens is 1. The second-order valence-corrected chi connectivity index (χ2v) is 5.16. The zero-order valence-electron chi connectivity index (χ0n) is 11.4. The van der Waals surface area contributed by atoms with E-state index in [4.69, 9.17) is 4.74 Å². The van der Waals surface area contributed by atoms with Gasteiger partial charge >= 0.3 is 0 Å². The van der Waals surface area contributed by atoms with Crippen LogP contribution >= 0.6 is 0 Å². The van der Waals surface area contributed by atoms with Gasteiger partial charge in [0, 0.05) is 24.3 Å². The molecule has 0 bridgehead atoms. The summed E-state index contributed by atoms with van der Waals surface area (Å²) in [7, 11) is 0. The van der Waals surface area contributed by atoms with E-state index in [-0.39, 0.29) is 11.7 Å². The van der Waals surface area contributed by atoms with Gasteiger partial charge in [0.1, 0.15) is 5.75 Å². The quantitative estimate of drug-likeness (QED) is 0.903. The van der Waals surface area contributed by atoms with Gasteiger partial charge in [-0.25, -0.2) is 9.37 Å². The van der Waals surface area contributed by atoms with E-state index < -0.39 is 0 Å². The van der Waals surface area contributed by atoms with Gasteiger partial charge in [0.25, 0.3) is 5.88 Å². The van der Waals surface area contributed by atoms with Crippen molar-refractivity contribution in [3.05, 3.63) is 53.5 Å². The molecule has 1 fully saturated rings. The molecule has 0 aliphatic heterocycles. The van der Waals surface area contributed by atoms with Crippen LogP contribution in [0.25, 0.3) is 0 Å². The molecular formula is C16H17FN2O. The molecule has 0 atom stereocenters. The summed E-state index contributed by atoms with van der Waals surface area (Å²) >= 11 is 0. The highest BCUT2D eigenvalue weighted by molar-refractivity contribution is 5.33. The molecule has 3 nitrogen and oxygen atoms in total. The van der Waals surface area contributed by atoms with Crippen molar-refractivity contribution in [1.82, 2.24) is 10.3 Å². The number of pyridine rings is 1. The van der Waals surface area contributed by atoms with Crippen molar-refractivity contribution in [3.8, 4) is 11.6 Å². The van der Waals surface area contributed by atoms with Crippen molar-refractivity contribution in [1.29, 1.82) is 0 Å². The Morgan fingerprint density at radius 1 is 1.35 bits per heavy atom. The molecule has 0 radical (unpaired) electrons. The minimum Gasteiger partial charge on any atom is -0.436 e. The van der Waals surface area contributed by atoms with E-state index in [0.29, 0.717) is 23.9 Å². The number of nitrogens with one attached hydrogen (secondary N) is 1. The van der Waals surface area contributed by atoms with E-state index in [1.807, 2.05) is 25.1 Å². The molecule has 20 heavy (non-hydrogen) atoms. The highest BCUT2D eigenvalue weighted by Gasteiger charge is 2.21. The van der Waals surface area contributed by atoms with Crippen molar-refractivity contribution in [3.63, 3.8) is 0 Å². The van der Waals surface area contributed by atoms with Gasteiger partial charge in [0.15, 0.2) is 5.82 Å². The first-order chi connectivity index (χ1) is 9.72. The number of hydrogen-bond acceptors (Lipinski definition) is 3. The summed E-state index contributed by atoms with van der Waals surface area (Å²) in [5.74, 6) is 0.247. The molecule has 1 aliphatic carbocycles. The van der Waals surface area contributed by atoms with Crippen LogP contribution in [0.1, 0.15) is 24.0 Å². The third kappa shape index (κ3) is 3.14. The van der Waals surface area contributed by atoms with Gasteiger partial charge in [0.2, 0.25) is 0 Å². The first-order valence-corrected chi connectivity index (χ1v) is 6.83. The van der Waals surface area contributed by atoms with Crippen LogP contribution in [0.15, 0.2) is 36.5 Å². The van der Waals surface area contributed by atoms with Gasteiger partial charge in [0.05, 0.1) is 0 Å². The molecule has 4 heteroatoms. The number of nitrogens with zero attached hydrogens (tertiary/aromatic N) is 1. The van der Waals surface area contributed by atoms with E-state index >= 15 is 0 Å². The fourth-order valence-electron chi connectivity index (χ4n) is 2.00. The Hall–Kier alpha value is -1.94. The lowest BCUT2D eigenvalue weighted by molar-refractivity contribution is 0.417. The largest absolute Gasteiger partial charge is 0.436 e. The number of aryl methyl sites for hydroxylation is 1. The summed E-state index contributed by atoms with van der Waals surface area (Å²) in [5.41, 5.74) is 1.66. The average molecular weight is 272 g/mol. The van der Waals surface area contributed by atoms with Crippen molar-refractivity contribution in [2.24, 2.45) is 0 Å². The molecule has 1 heterocycles. The topological polar surface area (TPSA) is 34.1 Å². The number of halogens is 1. The highest BCUT2D eigenvalue weighted by atomic mass is 19.1. The van der Waals surface area contributed by atoms with Gasteiger partial charge in [-0.15, -0.1) is 0 Å². The summed E-state index contributed by atoms with van der Waals surface area (Å²) in [6.45, 7) is 2.48. The third-order valence-corrected chi connectivity index (χ3v) is 3.30. The first kappa shape index (κ1) is 13.1. The molecule has 1 N–H and O–H groups in total. The molecule has 0 spiro atoms. The lowest BCUT2D eigenvalue weighted by Gasteiger charge is -2.09. The van der Waals surface area contributed by atoms with Crippen LogP contribution in [0.3, 0.4) is 0 Å². The molecule has 0 amide bonds. The number of ether oxygens (including phenoxy) is 1. The van der Waals surface area contributed by atoms with Gasteiger partial charge in [-0.05, 0) is 43.5 Å². The van der Waals surface area contributed by atoms with Gasteiger partial charge in [-0.3, -0.25) is 0 Å². The van der Waals surface area contributed by atoms with Crippen LogP contribution in [0.5, 0.6) is 11.6 Å². The summed E-state index contributed by atoms with van der Waals surface area (Å²) in [6, 6.07) is 9.73. The predicted molar refractivity (Wildman–Crippen MR) is 75.3 cm³/mol. The monoisotopic (exact) mass is 272 g/mol. The smallest absolute Gasteiger partial charge is 0.256 e. The lowest BCUT2D eigenvalue weighted by atomic mass is 10.2. The number of rotatable bonds is 5. The Morgan fingerprint density at radius 2 is 2.20 bits per heavy atom. The summed E-state index contributed by atoms with van der Waals surface area (Å²) in [5, 5.41) is 3.29. The summed E-state index contributed by atoms with van der Waals surface area (Å²) in [6.07, 6.45) is 3.94. The Bertz CT molecular complexity index is 611. The van der Waals surface area contributed by atoms with E-state index in [1.165, 1.54) is 12.8 Å². The maximum atomic E-state index is 14.3. The molecule has 3 rings (SSSR count). The minimum absolute atomic E-state index is 0.0331. The van der Waals surface area contributed by atoms with Crippen molar-refractivity contribution < 1.29 is 9.13 Å². The van der Waals surface area contributed by atoms with Crippen molar-refractivity contribution >= 4 is 0 Å². The fraction of sp³-hybridized carbons (Fsp3) is 0.312. The third-order valence-electron chi connectivity index (χ3n) is 3.30. The van der Waals surface area contributed by atoms with E-state index in [2.05, 4.69) is 10.3 Å². The molecule has 1 aromatic carbocycles. The van der Waals surface area contributed by atoms with Crippen LogP contribution in [0, 0.1) is 12.7 Å². The normalized spacial score (nSPS) is 14.3. The van der Waals surface area contributed by atoms with Crippen molar-refractivity contribution in [2.75, 3.05) is 0 Å². The van der Waals surface area contributed by atoms with Crippen LogP contribution in [-0.4, -0.2) is 11.0 Å². The average Bonchev–Trinajstić information content (AvgIpc) is 3.24. The molecular weight excluding hydrogens is 255 g/mol. The molecule has 2 aromatic rings. The molecule has 0 saturated heterocycles. The van der Waals surface area contributed by atoms with E-state index in [1.54, 1.807) is 18.3 Å².